The van der Waals surface area contributed by atoms with Gasteiger partial charge in [-0.1, -0.05) is 0 Å². The molecule has 0 aromatic rings. The molecule has 1 fully saturated rings. The lowest BCUT2D eigenvalue weighted by Crippen LogP contribution is -2.21. The first-order valence-corrected chi connectivity index (χ1v) is 7.33. The highest BCUT2D eigenvalue weighted by Crippen LogP contribution is 2.26. The summed E-state index contributed by atoms with van der Waals surface area (Å²) in [5.41, 5.74) is 0.348. The van der Waals surface area contributed by atoms with Crippen molar-refractivity contribution in [2.75, 3.05) is 33.0 Å². The SMILES string of the molecule is CCOC(=O)C1=NN(C)C(=O)/C1=C/C=C1/SCCN1C. The number of esters is 1. The number of allylic oxidation sites excluding steroid dienone is 2. The number of carbonyl (C=O) groups is 2. The van der Waals surface area contributed by atoms with E-state index in [1.165, 1.54) is 7.05 Å². The maximum atomic E-state index is 12.0. The summed E-state index contributed by atoms with van der Waals surface area (Å²) >= 11 is 1.72. The third kappa shape index (κ3) is 2.87. The van der Waals surface area contributed by atoms with Crippen LogP contribution in [0.3, 0.4) is 0 Å². The van der Waals surface area contributed by atoms with Crippen LogP contribution in [0.15, 0.2) is 27.9 Å². The fraction of sp³-hybridized carbons (Fsp3) is 0.462. The van der Waals surface area contributed by atoms with Crippen molar-refractivity contribution in [3.63, 3.8) is 0 Å². The number of rotatable bonds is 3. The molecule has 0 N–H and O–H groups in total. The van der Waals surface area contributed by atoms with Crippen molar-refractivity contribution in [1.82, 2.24) is 9.91 Å². The average molecular weight is 295 g/mol. The van der Waals surface area contributed by atoms with Gasteiger partial charge in [-0.3, -0.25) is 4.79 Å². The second kappa shape index (κ2) is 6.13. The van der Waals surface area contributed by atoms with Gasteiger partial charge in [0, 0.05) is 26.4 Å². The minimum absolute atomic E-state index is 0.0712. The second-order valence-electron chi connectivity index (χ2n) is 4.35. The molecule has 0 atom stereocenters. The highest BCUT2D eigenvalue weighted by molar-refractivity contribution is 8.03. The number of hydrogen-bond acceptors (Lipinski definition) is 6. The lowest BCUT2D eigenvalue weighted by atomic mass is 10.1. The standard InChI is InChI=1S/C13H17N3O3S/c1-4-19-13(18)11-9(12(17)16(3)14-11)5-6-10-15(2)7-8-20-10/h5-6H,4,7-8H2,1-3H3/b9-5+,10-6+. The Kier molecular flexibility index (Phi) is 4.49. The molecule has 0 radical (unpaired) electrons. The van der Waals surface area contributed by atoms with Gasteiger partial charge in [-0.05, 0) is 19.1 Å². The number of amides is 1. The summed E-state index contributed by atoms with van der Waals surface area (Å²) in [6.45, 7) is 2.95. The van der Waals surface area contributed by atoms with Crippen LogP contribution in [-0.4, -0.2) is 60.5 Å². The molecule has 0 aliphatic carbocycles. The van der Waals surface area contributed by atoms with Crippen molar-refractivity contribution in [1.29, 1.82) is 0 Å². The van der Waals surface area contributed by atoms with Gasteiger partial charge >= 0.3 is 5.97 Å². The normalized spacial score (nSPS) is 22.9. The molecule has 2 aliphatic heterocycles. The van der Waals surface area contributed by atoms with Gasteiger partial charge in [0.1, 0.15) is 0 Å². The van der Waals surface area contributed by atoms with E-state index in [-0.39, 0.29) is 23.8 Å². The van der Waals surface area contributed by atoms with Crippen molar-refractivity contribution in [2.24, 2.45) is 5.10 Å². The van der Waals surface area contributed by atoms with Crippen LogP contribution in [0, 0.1) is 0 Å². The van der Waals surface area contributed by atoms with Crippen molar-refractivity contribution in [3.8, 4) is 0 Å². The van der Waals surface area contributed by atoms with Gasteiger partial charge in [0.2, 0.25) is 0 Å². The zero-order valence-corrected chi connectivity index (χ0v) is 12.6. The maximum Gasteiger partial charge on any atom is 0.359 e. The Morgan fingerprint density at radius 3 is 2.80 bits per heavy atom. The zero-order chi connectivity index (χ0) is 14.7. The predicted molar refractivity (Wildman–Crippen MR) is 78.1 cm³/mol. The first kappa shape index (κ1) is 14.6. The van der Waals surface area contributed by atoms with Gasteiger partial charge in [-0.2, -0.15) is 5.10 Å². The Morgan fingerprint density at radius 2 is 2.20 bits per heavy atom. The number of thioether (sulfide) groups is 1. The molecule has 20 heavy (non-hydrogen) atoms. The van der Waals surface area contributed by atoms with E-state index in [4.69, 9.17) is 4.74 Å². The van der Waals surface area contributed by atoms with Gasteiger partial charge < -0.3 is 9.64 Å². The number of hydrogen-bond donors (Lipinski definition) is 0. The molecule has 2 aliphatic rings. The maximum absolute atomic E-state index is 12.0. The topological polar surface area (TPSA) is 62.2 Å². The van der Waals surface area contributed by atoms with Gasteiger partial charge in [0.05, 0.1) is 17.2 Å². The molecule has 1 amide bonds. The van der Waals surface area contributed by atoms with E-state index in [0.29, 0.717) is 0 Å². The summed E-state index contributed by atoms with van der Waals surface area (Å²) in [5, 5.41) is 6.17. The molecular formula is C13H17N3O3S. The molecule has 0 saturated carbocycles. The largest absolute Gasteiger partial charge is 0.461 e. The second-order valence-corrected chi connectivity index (χ2v) is 5.47. The summed E-state index contributed by atoms with van der Waals surface area (Å²) < 4.78 is 4.92. The molecule has 0 aromatic heterocycles. The fourth-order valence-corrected chi connectivity index (χ4v) is 2.91. The Labute approximate surface area is 122 Å². The van der Waals surface area contributed by atoms with E-state index in [1.807, 2.05) is 13.1 Å². The number of likely N-dealkylation sites (N-methyl/N-ethyl adjacent to an activating group) is 1. The summed E-state index contributed by atoms with van der Waals surface area (Å²) in [4.78, 5) is 25.9. The summed E-state index contributed by atoms with van der Waals surface area (Å²) in [6.07, 6.45) is 3.49. The van der Waals surface area contributed by atoms with Crippen LogP contribution in [0.1, 0.15) is 6.92 Å². The van der Waals surface area contributed by atoms with Crippen LogP contribution >= 0.6 is 11.8 Å². The van der Waals surface area contributed by atoms with E-state index >= 15 is 0 Å². The van der Waals surface area contributed by atoms with Gasteiger partial charge in [0.15, 0.2) is 5.71 Å². The fourth-order valence-electron chi connectivity index (χ4n) is 1.86. The van der Waals surface area contributed by atoms with E-state index in [0.717, 1.165) is 22.3 Å². The van der Waals surface area contributed by atoms with Gasteiger partial charge in [-0.15, -0.1) is 11.8 Å². The number of hydrazone groups is 1. The quantitative estimate of drug-likeness (QED) is 0.570. The molecule has 0 bridgehead atoms. The van der Waals surface area contributed by atoms with Crippen molar-refractivity contribution >= 4 is 29.4 Å². The van der Waals surface area contributed by atoms with Crippen LogP contribution in [-0.2, 0) is 14.3 Å². The summed E-state index contributed by atoms with van der Waals surface area (Å²) in [6, 6.07) is 0. The number of ether oxygens (including phenoxy) is 1. The Morgan fingerprint density at radius 1 is 1.45 bits per heavy atom. The van der Waals surface area contributed by atoms with Crippen LogP contribution < -0.4 is 0 Å². The molecule has 2 rings (SSSR count). The molecule has 7 heteroatoms. The third-order valence-corrected chi connectivity index (χ3v) is 4.07. The lowest BCUT2D eigenvalue weighted by Gasteiger charge is -2.09. The highest BCUT2D eigenvalue weighted by Gasteiger charge is 2.32. The monoisotopic (exact) mass is 295 g/mol. The molecule has 0 aromatic carbocycles. The van der Waals surface area contributed by atoms with Crippen LogP contribution in [0.2, 0.25) is 0 Å². The molecule has 6 nitrogen and oxygen atoms in total. The number of nitrogens with zero attached hydrogens (tertiary/aromatic N) is 3. The highest BCUT2D eigenvalue weighted by atomic mass is 32.2. The Balaban J connectivity index is 2.25. The van der Waals surface area contributed by atoms with E-state index in [2.05, 4.69) is 10.0 Å². The first-order valence-electron chi connectivity index (χ1n) is 6.34. The van der Waals surface area contributed by atoms with Crippen LogP contribution in [0.5, 0.6) is 0 Å². The molecule has 2 heterocycles. The number of carbonyl (C=O) groups excluding carboxylic acids is 2. The van der Waals surface area contributed by atoms with Crippen LogP contribution in [0.25, 0.3) is 0 Å². The summed E-state index contributed by atoms with van der Waals surface area (Å²) in [7, 11) is 3.51. The molecule has 0 spiro atoms. The average Bonchev–Trinajstić information content (AvgIpc) is 2.94. The minimum Gasteiger partial charge on any atom is -0.461 e. The predicted octanol–water partition coefficient (Wildman–Crippen LogP) is 0.824. The zero-order valence-electron chi connectivity index (χ0n) is 11.8. The van der Waals surface area contributed by atoms with Crippen molar-refractivity contribution in [3.05, 3.63) is 22.8 Å². The molecular weight excluding hydrogens is 278 g/mol. The van der Waals surface area contributed by atoms with Gasteiger partial charge in [-0.25, -0.2) is 9.80 Å². The molecule has 1 saturated heterocycles. The smallest absolute Gasteiger partial charge is 0.359 e. The lowest BCUT2D eigenvalue weighted by molar-refractivity contribution is -0.135. The van der Waals surface area contributed by atoms with Crippen molar-refractivity contribution < 1.29 is 14.3 Å². The van der Waals surface area contributed by atoms with Crippen molar-refractivity contribution in [2.45, 2.75) is 6.92 Å². The minimum atomic E-state index is -0.567. The van der Waals surface area contributed by atoms with Gasteiger partial charge in [0.25, 0.3) is 5.91 Å². The third-order valence-electron chi connectivity index (χ3n) is 2.94. The van der Waals surface area contributed by atoms with Crippen LogP contribution in [0.4, 0.5) is 0 Å². The molecule has 0 unspecified atom stereocenters. The molecule has 108 valence electrons. The van der Waals surface area contributed by atoms with E-state index in [9.17, 15) is 9.59 Å². The first-order chi connectivity index (χ1) is 9.54. The van der Waals surface area contributed by atoms with E-state index < -0.39 is 5.97 Å². The Bertz CT molecular complexity index is 525. The summed E-state index contributed by atoms with van der Waals surface area (Å²) in [5.74, 6) is 0.163. The van der Waals surface area contributed by atoms with E-state index in [1.54, 1.807) is 24.8 Å². The Hall–Kier alpha value is -1.76.